The minimum Gasteiger partial charge on any atom is -0.461 e. The van der Waals surface area contributed by atoms with Crippen molar-refractivity contribution in [2.75, 3.05) is 0 Å². The fraction of sp³-hybridized carbons (Fsp3) is 0.500. The number of hydrogen-bond acceptors (Lipinski definition) is 1. The Kier molecular flexibility index (Phi) is 2.02. The van der Waals surface area contributed by atoms with E-state index in [4.69, 9.17) is 4.42 Å². The Bertz CT molecular complexity index is 572. The molecule has 0 unspecified atom stereocenters. The summed E-state index contributed by atoms with van der Waals surface area (Å²) in [6, 6.07) is 8.43. The van der Waals surface area contributed by atoms with Crippen molar-refractivity contribution in [2.45, 2.75) is 46.0 Å². The molecular weight excluding hydrogens is 208 g/mol. The van der Waals surface area contributed by atoms with Gasteiger partial charge in [-0.3, -0.25) is 0 Å². The van der Waals surface area contributed by atoms with Crippen molar-refractivity contribution in [1.82, 2.24) is 0 Å². The van der Waals surface area contributed by atoms with Gasteiger partial charge in [0.2, 0.25) is 0 Å². The Labute approximate surface area is 103 Å². The van der Waals surface area contributed by atoms with Gasteiger partial charge in [0.05, 0.1) is 0 Å². The highest BCUT2D eigenvalue weighted by atomic mass is 16.3. The molecule has 0 fully saturated rings. The summed E-state index contributed by atoms with van der Waals surface area (Å²) in [4.78, 5) is 0. The molecule has 0 bridgehead atoms. The lowest BCUT2D eigenvalue weighted by molar-refractivity contribution is 0.214. The van der Waals surface area contributed by atoms with Crippen LogP contribution in [0.1, 0.15) is 45.4 Å². The Hall–Kier alpha value is -1.24. The second-order valence-electron chi connectivity index (χ2n) is 6.80. The topological polar surface area (TPSA) is 13.1 Å². The molecule has 0 N–H and O–H groups in total. The van der Waals surface area contributed by atoms with Crippen LogP contribution in [0.3, 0.4) is 0 Å². The van der Waals surface area contributed by atoms with Crippen LogP contribution < -0.4 is 0 Å². The predicted molar refractivity (Wildman–Crippen MR) is 71.3 cm³/mol. The van der Waals surface area contributed by atoms with Crippen molar-refractivity contribution in [3.63, 3.8) is 0 Å². The number of benzene rings is 1. The average molecular weight is 228 g/mol. The van der Waals surface area contributed by atoms with Gasteiger partial charge >= 0.3 is 0 Å². The highest BCUT2D eigenvalue weighted by Crippen LogP contribution is 2.49. The van der Waals surface area contributed by atoms with Gasteiger partial charge in [0.1, 0.15) is 11.3 Å². The van der Waals surface area contributed by atoms with Crippen molar-refractivity contribution in [2.24, 2.45) is 5.41 Å². The number of rotatable bonds is 0. The Morgan fingerprint density at radius 2 is 1.76 bits per heavy atom. The van der Waals surface area contributed by atoms with Gasteiger partial charge in [0.25, 0.3) is 0 Å². The van der Waals surface area contributed by atoms with Crippen molar-refractivity contribution in [1.29, 1.82) is 0 Å². The molecule has 0 saturated carbocycles. The van der Waals surface area contributed by atoms with E-state index in [-0.39, 0.29) is 5.41 Å². The first-order valence-corrected chi connectivity index (χ1v) is 6.40. The molecular formula is C16H20O. The van der Waals surface area contributed by atoms with Crippen molar-refractivity contribution >= 4 is 11.0 Å². The minimum atomic E-state index is 0.212. The van der Waals surface area contributed by atoms with E-state index in [1.807, 2.05) is 0 Å². The first-order chi connectivity index (χ1) is 7.89. The predicted octanol–water partition coefficient (Wildman–Crippen LogP) is 4.68. The summed E-state index contributed by atoms with van der Waals surface area (Å²) in [5.74, 6) is 1.20. The molecule has 1 aromatic heterocycles. The van der Waals surface area contributed by atoms with Gasteiger partial charge < -0.3 is 4.42 Å². The maximum absolute atomic E-state index is 6.06. The second-order valence-corrected chi connectivity index (χ2v) is 6.80. The maximum Gasteiger partial charge on any atom is 0.134 e. The average Bonchev–Trinajstić information content (AvgIpc) is 2.51. The fourth-order valence-electron chi connectivity index (χ4n) is 3.74. The molecule has 0 amide bonds. The largest absolute Gasteiger partial charge is 0.461 e. The molecule has 2 aromatic rings. The lowest BCUT2D eigenvalue weighted by Gasteiger charge is -2.39. The highest BCUT2D eigenvalue weighted by Gasteiger charge is 2.40. The van der Waals surface area contributed by atoms with E-state index in [1.54, 1.807) is 0 Å². The maximum atomic E-state index is 6.06. The molecule has 17 heavy (non-hydrogen) atoms. The molecule has 1 aliphatic carbocycles. The highest BCUT2D eigenvalue weighted by molar-refractivity contribution is 5.83. The Morgan fingerprint density at radius 1 is 1.06 bits per heavy atom. The molecule has 0 radical (unpaired) electrons. The number of hydrogen-bond donors (Lipinski definition) is 0. The van der Waals surface area contributed by atoms with E-state index >= 15 is 0 Å². The molecule has 90 valence electrons. The van der Waals surface area contributed by atoms with Crippen LogP contribution in [0.4, 0.5) is 0 Å². The molecule has 0 atom stereocenters. The standard InChI is InChI=1S/C16H20O/c1-15(2)9-13-14(16(3,4)10-15)11-7-5-6-8-12(11)17-13/h5-8H,9-10H2,1-4H3. The third-order valence-electron chi connectivity index (χ3n) is 3.90. The molecule has 1 nitrogen and oxygen atoms in total. The summed E-state index contributed by atoms with van der Waals surface area (Å²) in [7, 11) is 0. The van der Waals surface area contributed by atoms with Crippen LogP contribution in [0.15, 0.2) is 28.7 Å². The van der Waals surface area contributed by atoms with E-state index in [9.17, 15) is 0 Å². The first-order valence-electron chi connectivity index (χ1n) is 6.40. The lowest BCUT2D eigenvalue weighted by atomic mass is 9.64. The van der Waals surface area contributed by atoms with Gasteiger partial charge in [-0.2, -0.15) is 0 Å². The molecule has 1 heteroatoms. The normalized spacial score (nSPS) is 21.4. The zero-order valence-electron chi connectivity index (χ0n) is 11.1. The van der Waals surface area contributed by atoms with E-state index in [1.165, 1.54) is 23.1 Å². The van der Waals surface area contributed by atoms with Crippen LogP contribution in [0.5, 0.6) is 0 Å². The van der Waals surface area contributed by atoms with E-state index in [0.717, 1.165) is 12.0 Å². The third kappa shape index (κ3) is 1.60. The lowest BCUT2D eigenvalue weighted by Crippen LogP contribution is -2.33. The van der Waals surface area contributed by atoms with Crippen molar-refractivity contribution < 1.29 is 4.42 Å². The van der Waals surface area contributed by atoms with Gasteiger partial charge in [-0.15, -0.1) is 0 Å². The summed E-state index contributed by atoms with van der Waals surface area (Å²) < 4.78 is 6.06. The van der Waals surface area contributed by atoms with Crippen LogP contribution in [0, 0.1) is 5.41 Å². The van der Waals surface area contributed by atoms with Crippen LogP contribution in [0.25, 0.3) is 11.0 Å². The number of fused-ring (bicyclic) bond motifs is 3. The number of furan rings is 1. The SMILES string of the molecule is CC1(C)Cc2oc3ccccc3c2C(C)(C)C1. The van der Waals surface area contributed by atoms with Gasteiger partial charge in [0.15, 0.2) is 0 Å². The van der Waals surface area contributed by atoms with Gasteiger partial charge in [0, 0.05) is 17.4 Å². The fourth-order valence-corrected chi connectivity index (χ4v) is 3.74. The van der Waals surface area contributed by atoms with Crippen molar-refractivity contribution in [3.05, 3.63) is 35.6 Å². The summed E-state index contributed by atoms with van der Waals surface area (Å²) >= 11 is 0. The quantitative estimate of drug-likeness (QED) is 0.638. The summed E-state index contributed by atoms with van der Waals surface area (Å²) in [6.45, 7) is 9.36. The van der Waals surface area contributed by atoms with Crippen LogP contribution >= 0.6 is 0 Å². The van der Waals surface area contributed by atoms with Crippen LogP contribution in [-0.2, 0) is 11.8 Å². The molecule has 1 heterocycles. The summed E-state index contributed by atoms with van der Waals surface area (Å²) in [5, 5.41) is 1.31. The molecule has 0 saturated heterocycles. The molecule has 1 aliphatic rings. The number of para-hydroxylation sites is 1. The smallest absolute Gasteiger partial charge is 0.134 e. The third-order valence-corrected chi connectivity index (χ3v) is 3.90. The van der Waals surface area contributed by atoms with Gasteiger partial charge in [-0.05, 0) is 23.3 Å². The van der Waals surface area contributed by atoms with E-state index < -0.39 is 0 Å². The zero-order valence-corrected chi connectivity index (χ0v) is 11.1. The van der Waals surface area contributed by atoms with Crippen molar-refractivity contribution in [3.8, 4) is 0 Å². The zero-order chi connectivity index (χ0) is 12.3. The molecule has 0 spiro atoms. The molecule has 1 aromatic carbocycles. The molecule has 3 rings (SSSR count). The molecule has 0 aliphatic heterocycles. The Balaban J connectivity index is 2.31. The Morgan fingerprint density at radius 3 is 2.53 bits per heavy atom. The summed E-state index contributed by atoms with van der Waals surface area (Å²) in [6.07, 6.45) is 2.27. The van der Waals surface area contributed by atoms with Crippen LogP contribution in [-0.4, -0.2) is 0 Å². The minimum absolute atomic E-state index is 0.212. The first kappa shape index (κ1) is 10.9. The van der Waals surface area contributed by atoms with E-state index in [0.29, 0.717) is 5.41 Å². The van der Waals surface area contributed by atoms with Gasteiger partial charge in [-0.25, -0.2) is 0 Å². The van der Waals surface area contributed by atoms with Crippen LogP contribution in [0.2, 0.25) is 0 Å². The monoisotopic (exact) mass is 228 g/mol. The van der Waals surface area contributed by atoms with Gasteiger partial charge in [-0.1, -0.05) is 45.9 Å². The summed E-state index contributed by atoms with van der Waals surface area (Å²) in [5.41, 5.74) is 3.03. The second kappa shape index (κ2) is 3.16. The van der Waals surface area contributed by atoms with E-state index in [2.05, 4.69) is 52.0 Å².